The van der Waals surface area contributed by atoms with Gasteiger partial charge in [0.05, 0.1) is 25.6 Å². The molecule has 0 spiro atoms. The maximum atomic E-state index is 11.4. The van der Waals surface area contributed by atoms with Crippen molar-refractivity contribution in [3.8, 4) is 0 Å². The van der Waals surface area contributed by atoms with E-state index in [4.69, 9.17) is 24.4 Å². The van der Waals surface area contributed by atoms with E-state index in [-0.39, 0.29) is 10.2 Å². The third-order valence-electron chi connectivity index (χ3n) is 4.03. The van der Waals surface area contributed by atoms with Crippen molar-refractivity contribution in [1.29, 1.82) is 0 Å². The molecule has 162 valence electrons. The van der Waals surface area contributed by atoms with Crippen molar-refractivity contribution < 1.29 is 19.1 Å². The lowest BCUT2D eigenvalue weighted by Gasteiger charge is -2.17. The Morgan fingerprint density at radius 1 is 0.839 bits per heavy atom. The molecule has 2 amide bonds. The Morgan fingerprint density at radius 3 is 1.94 bits per heavy atom. The molecule has 2 aromatic carbocycles. The number of nitrogens with one attached hydrogen (secondary N) is 4. The number of rotatable bonds is 4. The highest BCUT2D eigenvalue weighted by atomic mass is 32.1. The summed E-state index contributed by atoms with van der Waals surface area (Å²) < 4.78 is 9.08. The van der Waals surface area contributed by atoms with Gasteiger partial charge in [0.25, 0.3) is 0 Å². The molecule has 10 heteroatoms. The molecule has 0 bridgehead atoms. The molecule has 0 aliphatic rings. The summed E-state index contributed by atoms with van der Waals surface area (Å²) >= 11 is 10.3. The van der Waals surface area contributed by atoms with Crippen molar-refractivity contribution in [2.24, 2.45) is 0 Å². The predicted octanol–water partition coefficient (Wildman–Crippen LogP) is 4.16. The Hall–Kier alpha value is -3.50. The maximum Gasteiger partial charge on any atom is 0.413 e. The number of carbonyl (C=O) groups is 2. The number of ether oxygens (including phenoxy) is 2. The van der Waals surface area contributed by atoms with Gasteiger partial charge in [-0.1, -0.05) is 42.5 Å². The maximum absolute atomic E-state index is 11.4. The van der Waals surface area contributed by atoms with E-state index >= 15 is 0 Å². The lowest BCUT2D eigenvalue weighted by atomic mass is 9.97. The zero-order chi connectivity index (χ0) is 23.0. The molecule has 0 fully saturated rings. The topological polar surface area (TPSA) is 101 Å². The van der Waals surface area contributed by atoms with E-state index in [1.165, 1.54) is 14.2 Å². The van der Waals surface area contributed by atoms with Crippen LogP contribution in [-0.4, -0.2) is 36.6 Å². The lowest BCUT2D eigenvalue weighted by Crippen LogP contribution is -2.35. The molecule has 2 rings (SSSR count). The summed E-state index contributed by atoms with van der Waals surface area (Å²) in [5.74, 6) is 0. The molecule has 0 saturated carbocycles. The number of aryl methyl sites for hydroxylation is 1. The van der Waals surface area contributed by atoms with Gasteiger partial charge in [-0.3, -0.25) is 10.6 Å². The van der Waals surface area contributed by atoms with Gasteiger partial charge < -0.3 is 20.1 Å². The normalized spacial score (nSPS) is 9.77. The first-order chi connectivity index (χ1) is 14.7. The number of methoxy groups -OCH3 is 2. The Bertz CT molecular complexity index is 1040. The summed E-state index contributed by atoms with van der Waals surface area (Å²) in [7, 11) is 2.46. The molecule has 0 heterocycles. The number of carbonyl (C=O) groups excluding carboxylic acids is 2. The molecule has 0 aliphatic heterocycles. The third kappa shape index (κ3) is 7.05. The second-order valence-electron chi connectivity index (χ2n) is 6.25. The average Bonchev–Trinajstić information content (AvgIpc) is 2.74. The second kappa shape index (κ2) is 11.0. The van der Waals surface area contributed by atoms with Gasteiger partial charge in [-0.15, -0.1) is 0 Å². The summed E-state index contributed by atoms with van der Waals surface area (Å²) in [6.45, 7) is 6.19. The van der Waals surface area contributed by atoms with Crippen LogP contribution in [0.2, 0.25) is 0 Å². The average molecular weight is 459 g/mol. The number of hydrogen-bond acceptors (Lipinski definition) is 6. The highest BCUT2D eigenvalue weighted by Gasteiger charge is 2.13. The summed E-state index contributed by atoms with van der Waals surface area (Å²) in [4.78, 5) is 22.8. The highest BCUT2D eigenvalue weighted by molar-refractivity contribution is 7.80. The van der Waals surface area contributed by atoms with E-state index in [9.17, 15) is 9.59 Å². The van der Waals surface area contributed by atoms with Gasteiger partial charge in [-0.25, -0.2) is 9.59 Å². The quantitative estimate of drug-likeness (QED) is 0.507. The Balaban J connectivity index is 2.34. The van der Waals surface area contributed by atoms with Gasteiger partial charge in [0.2, 0.25) is 0 Å². The molecule has 0 atom stereocenters. The number of amides is 2. The number of benzene rings is 2. The Kier molecular flexibility index (Phi) is 8.47. The monoisotopic (exact) mass is 458 g/mol. The first-order valence-corrected chi connectivity index (χ1v) is 9.77. The summed E-state index contributed by atoms with van der Waals surface area (Å²) in [6, 6.07) is 13.3. The van der Waals surface area contributed by atoms with E-state index < -0.39 is 12.2 Å². The minimum absolute atomic E-state index is 0.0139. The molecule has 0 aromatic heterocycles. The molecule has 0 saturated heterocycles. The van der Waals surface area contributed by atoms with E-state index in [1.807, 2.05) is 37.3 Å². The van der Waals surface area contributed by atoms with Gasteiger partial charge in [0, 0.05) is 0 Å². The van der Waals surface area contributed by atoms with Crippen LogP contribution in [0, 0.1) is 6.92 Å². The predicted molar refractivity (Wildman–Crippen MR) is 129 cm³/mol. The molecule has 0 radical (unpaired) electrons. The van der Waals surface area contributed by atoms with E-state index in [1.54, 1.807) is 12.1 Å². The fourth-order valence-corrected chi connectivity index (χ4v) is 2.92. The largest absolute Gasteiger partial charge is 0.453 e. The fraction of sp³-hybridized carbons (Fsp3) is 0.143. The highest BCUT2D eigenvalue weighted by Crippen LogP contribution is 2.29. The third-order valence-corrected chi connectivity index (χ3v) is 4.44. The van der Waals surface area contributed by atoms with Gasteiger partial charge in [-0.05, 0) is 60.2 Å². The van der Waals surface area contributed by atoms with Gasteiger partial charge in [-0.2, -0.15) is 0 Å². The number of thiocarbonyl (C=S) groups is 2. The van der Waals surface area contributed by atoms with Crippen molar-refractivity contribution >= 4 is 63.8 Å². The molecule has 2 aromatic rings. The van der Waals surface area contributed by atoms with Crippen LogP contribution in [0.4, 0.5) is 21.0 Å². The number of alkyl carbamates (subject to hydrolysis) is 2. The van der Waals surface area contributed by atoms with Crippen molar-refractivity contribution in [2.45, 2.75) is 6.92 Å². The van der Waals surface area contributed by atoms with E-state index in [2.05, 4.69) is 37.3 Å². The molecular weight excluding hydrogens is 436 g/mol. The lowest BCUT2D eigenvalue weighted by molar-refractivity contribution is 0.176. The van der Waals surface area contributed by atoms with E-state index in [0.717, 1.165) is 22.3 Å². The van der Waals surface area contributed by atoms with Crippen molar-refractivity contribution in [3.05, 3.63) is 65.7 Å². The molecule has 31 heavy (non-hydrogen) atoms. The summed E-state index contributed by atoms with van der Waals surface area (Å²) in [6.07, 6.45) is -1.42. The summed E-state index contributed by atoms with van der Waals surface area (Å²) in [5.41, 5.74) is 4.66. The zero-order valence-corrected chi connectivity index (χ0v) is 18.8. The molecule has 0 unspecified atom stereocenters. The van der Waals surface area contributed by atoms with Gasteiger partial charge in [0.15, 0.2) is 10.2 Å². The Labute approximate surface area is 191 Å². The van der Waals surface area contributed by atoms with Crippen LogP contribution in [0.25, 0.3) is 5.57 Å². The minimum Gasteiger partial charge on any atom is -0.453 e. The SMILES string of the molecule is C=C(c1cccc(C)c1)c1ccc(NC(=S)NC(=O)OC)c(NC(=S)NC(=O)OC)c1. The number of hydrogen-bond donors (Lipinski definition) is 4. The van der Waals surface area contributed by atoms with Crippen LogP contribution in [0.3, 0.4) is 0 Å². The second-order valence-corrected chi connectivity index (χ2v) is 7.07. The van der Waals surface area contributed by atoms with Gasteiger partial charge >= 0.3 is 12.2 Å². The molecule has 4 N–H and O–H groups in total. The summed E-state index contributed by atoms with van der Waals surface area (Å²) in [5, 5.41) is 10.6. The first kappa shape index (κ1) is 23.8. The molecule has 0 aliphatic carbocycles. The van der Waals surface area contributed by atoms with Crippen molar-refractivity contribution in [2.75, 3.05) is 24.9 Å². The van der Waals surface area contributed by atoms with Crippen LogP contribution < -0.4 is 21.3 Å². The first-order valence-electron chi connectivity index (χ1n) is 8.95. The smallest absolute Gasteiger partial charge is 0.413 e. The zero-order valence-electron chi connectivity index (χ0n) is 17.2. The Morgan fingerprint density at radius 2 is 1.39 bits per heavy atom. The van der Waals surface area contributed by atoms with Crippen LogP contribution in [0.15, 0.2) is 49.0 Å². The molecular formula is C21H22N4O4S2. The van der Waals surface area contributed by atoms with Crippen LogP contribution in [-0.2, 0) is 9.47 Å². The van der Waals surface area contributed by atoms with Crippen LogP contribution >= 0.6 is 24.4 Å². The van der Waals surface area contributed by atoms with Crippen molar-refractivity contribution in [3.63, 3.8) is 0 Å². The standard InChI is InChI=1S/C21H22N4O4S2/c1-12-6-5-7-14(10-12)13(2)15-8-9-16(22-18(30)24-20(26)28-3)17(11-15)23-19(31)25-21(27)29-4/h5-11H,2H2,1,3-4H3,(H2,22,24,26,30)(H2,23,25,27,31). The van der Waals surface area contributed by atoms with Crippen LogP contribution in [0.1, 0.15) is 16.7 Å². The number of anilines is 2. The van der Waals surface area contributed by atoms with Gasteiger partial charge in [0.1, 0.15) is 0 Å². The molecule has 8 nitrogen and oxygen atoms in total. The minimum atomic E-state index is -0.713. The van der Waals surface area contributed by atoms with E-state index in [0.29, 0.717) is 11.4 Å². The van der Waals surface area contributed by atoms with Crippen molar-refractivity contribution in [1.82, 2.24) is 10.6 Å². The fourth-order valence-electron chi connectivity index (χ4n) is 2.54. The van der Waals surface area contributed by atoms with Crippen LogP contribution in [0.5, 0.6) is 0 Å².